The number of carbonyl (C=O) groups excluding carboxylic acids is 1. The van der Waals surface area contributed by atoms with E-state index >= 15 is 0 Å². The van der Waals surface area contributed by atoms with Gasteiger partial charge in [0.15, 0.2) is 0 Å². The van der Waals surface area contributed by atoms with E-state index in [1.807, 2.05) is 0 Å². The van der Waals surface area contributed by atoms with Crippen LogP contribution in [0, 0.1) is 46.3 Å². The third-order valence-corrected chi connectivity index (χ3v) is 11.6. The summed E-state index contributed by atoms with van der Waals surface area (Å²) in [6, 6.07) is 0. The second kappa shape index (κ2) is 11.2. The van der Waals surface area contributed by atoms with Crippen LogP contribution in [0.5, 0.6) is 0 Å². The molecule has 0 spiro atoms. The van der Waals surface area contributed by atoms with Gasteiger partial charge in [0.1, 0.15) is 6.10 Å². The first-order chi connectivity index (χ1) is 17.3. The van der Waals surface area contributed by atoms with Gasteiger partial charge in [-0.1, -0.05) is 65.5 Å². The van der Waals surface area contributed by atoms with Gasteiger partial charge >= 0.3 is 6.09 Å². The summed E-state index contributed by atoms with van der Waals surface area (Å²) in [7, 11) is 6.43. The highest BCUT2D eigenvalue weighted by molar-refractivity contribution is 5.67. The number of hydrogen-bond donors (Lipinski definition) is 1. The lowest BCUT2D eigenvalue weighted by atomic mass is 9.47. The number of nitrogens with one attached hydrogen (secondary N) is 1. The fourth-order valence-corrected chi connectivity index (χ4v) is 9.44. The number of carbonyl (C=O) groups is 1. The molecular weight excluding hydrogens is 456 g/mol. The molecule has 0 aromatic heterocycles. The first-order valence-corrected chi connectivity index (χ1v) is 15.8. The van der Waals surface area contributed by atoms with Gasteiger partial charge in [-0.05, 0) is 91.3 Å². The Morgan fingerprint density at radius 2 is 1.81 bits per heavy atom. The monoisotopic (exact) mass is 515 g/mol. The molecule has 0 radical (unpaired) electrons. The topological polar surface area (TPSA) is 38.3 Å². The van der Waals surface area contributed by atoms with E-state index in [2.05, 4.69) is 67.2 Å². The van der Waals surface area contributed by atoms with Crippen molar-refractivity contribution >= 4 is 6.09 Å². The molecule has 4 nitrogen and oxygen atoms in total. The lowest BCUT2D eigenvalue weighted by molar-refractivity contribution is -0.869. The number of rotatable bonds is 9. The number of nitrogens with zero attached hydrogens (tertiary/aromatic N) is 1. The number of amides is 1. The standard InChI is InChI=1S/C33H58N2O2/c1-23(2)10-9-11-24(3)28-14-15-29-27-13-12-25-22-26(37-31(36)34-20-21-35(6,7)8)16-18-32(25,4)30(27)17-19-33(28,29)5/h12,23-24,26-30H,9-11,13-22H2,1-8H3/p+1/t24-,26?,27+,28-,29?,30?,32+,33-/m1/s1. The summed E-state index contributed by atoms with van der Waals surface area (Å²) < 4.78 is 6.75. The molecule has 212 valence electrons. The normalized spacial score (nSPS) is 38.3. The summed E-state index contributed by atoms with van der Waals surface area (Å²) in [5, 5.41) is 2.98. The minimum Gasteiger partial charge on any atom is -0.446 e. The fourth-order valence-electron chi connectivity index (χ4n) is 9.44. The van der Waals surface area contributed by atoms with Crippen LogP contribution in [0.25, 0.3) is 0 Å². The molecular formula is C33H59N2O2+. The van der Waals surface area contributed by atoms with Gasteiger partial charge in [-0.3, -0.25) is 0 Å². The zero-order valence-electron chi connectivity index (χ0n) is 25.6. The predicted molar refractivity (Wildman–Crippen MR) is 154 cm³/mol. The van der Waals surface area contributed by atoms with E-state index in [1.165, 1.54) is 57.8 Å². The average molecular weight is 516 g/mol. The van der Waals surface area contributed by atoms with Crippen LogP contribution in [-0.2, 0) is 4.74 Å². The summed E-state index contributed by atoms with van der Waals surface area (Å²) in [5.74, 6) is 5.21. The van der Waals surface area contributed by atoms with Crippen molar-refractivity contribution in [1.82, 2.24) is 5.32 Å². The van der Waals surface area contributed by atoms with Gasteiger partial charge in [0.05, 0.1) is 34.2 Å². The number of likely N-dealkylation sites (N-methyl/N-ethyl adjacent to an activating group) is 1. The first-order valence-electron chi connectivity index (χ1n) is 15.8. The molecule has 37 heavy (non-hydrogen) atoms. The largest absolute Gasteiger partial charge is 0.446 e. The second-order valence-electron chi connectivity index (χ2n) is 15.5. The molecule has 1 amide bonds. The van der Waals surface area contributed by atoms with Crippen molar-refractivity contribution in [2.75, 3.05) is 34.2 Å². The third-order valence-electron chi connectivity index (χ3n) is 11.6. The highest BCUT2D eigenvalue weighted by Crippen LogP contribution is 2.67. The predicted octanol–water partition coefficient (Wildman–Crippen LogP) is 7.83. The van der Waals surface area contributed by atoms with Crippen molar-refractivity contribution in [3.8, 4) is 0 Å². The van der Waals surface area contributed by atoms with Crippen LogP contribution in [-0.4, -0.2) is 50.9 Å². The summed E-state index contributed by atoms with van der Waals surface area (Å²) in [5.41, 5.74) is 2.46. The number of ether oxygens (including phenoxy) is 1. The zero-order valence-corrected chi connectivity index (χ0v) is 25.6. The Morgan fingerprint density at radius 3 is 2.51 bits per heavy atom. The van der Waals surface area contributed by atoms with Crippen molar-refractivity contribution in [1.29, 1.82) is 0 Å². The fraction of sp³-hybridized carbons (Fsp3) is 0.909. The number of alkyl carbamates (subject to hydrolysis) is 1. The maximum atomic E-state index is 12.5. The Hall–Kier alpha value is -1.03. The molecule has 0 aromatic rings. The van der Waals surface area contributed by atoms with Gasteiger partial charge < -0.3 is 14.5 Å². The van der Waals surface area contributed by atoms with E-state index in [-0.39, 0.29) is 12.2 Å². The quantitative estimate of drug-likeness (QED) is 0.251. The molecule has 0 saturated heterocycles. The maximum absolute atomic E-state index is 12.5. The Bertz CT molecular complexity index is 829. The summed E-state index contributed by atoms with van der Waals surface area (Å²) in [4.78, 5) is 12.5. The van der Waals surface area contributed by atoms with Crippen LogP contribution in [0.1, 0.15) is 105 Å². The van der Waals surface area contributed by atoms with Gasteiger partial charge in [-0.25, -0.2) is 4.79 Å². The molecule has 3 fully saturated rings. The van der Waals surface area contributed by atoms with Gasteiger partial charge in [-0.2, -0.15) is 0 Å². The van der Waals surface area contributed by atoms with Gasteiger partial charge in [0.25, 0.3) is 0 Å². The summed E-state index contributed by atoms with van der Waals surface area (Å²) in [6.45, 7) is 14.1. The van der Waals surface area contributed by atoms with Crippen LogP contribution < -0.4 is 5.32 Å². The number of allylic oxidation sites excluding steroid dienone is 1. The third kappa shape index (κ3) is 6.25. The van der Waals surface area contributed by atoms with Crippen molar-refractivity contribution < 1.29 is 14.0 Å². The molecule has 0 aliphatic heterocycles. The van der Waals surface area contributed by atoms with Crippen LogP contribution >= 0.6 is 0 Å². The molecule has 3 unspecified atom stereocenters. The highest BCUT2D eigenvalue weighted by atomic mass is 16.6. The Kier molecular flexibility index (Phi) is 8.78. The van der Waals surface area contributed by atoms with Crippen molar-refractivity contribution in [3.63, 3.8) is 0 Å². The van der Waals surface area contributed by atoms with Crippen molar-refractivity contribution in [3.05, 3.63) is 11.6 Å². The van der Waals surface area contributed by atoms with Crippen LogP contribution in [0.2, 0.25) is 0 Å². The Balaban J connectivity index is 1.36. The van der Waals surface area contributed by atoms with E-state index in [0.29, 0.717) is 17.4 Å². The second-order valence-corrected chi connectivity index (χ2v) is 15.5. The first kappa shape index (κ1) is 29.0. The SMILES string of the molecule is CC(C)CCC[C@@H](C)[C@H]1CCC2[C@@H]3CC=C4CC(OC(=O)NCC[N+](C)(C)C)CC[C@]4(C)C3CC[C@@]21C. The van der Waals surface area contributed by atoms with E-state index in [0.717, 1.165) is 59.4 Å². The molecule has 1 N–H and O–H groups in total. The molecule has 4 rings (SSSR count). The van der Waals surface area contributed by atoms with Crippen molar-refractivity contribution in [2.45, 2.75) is 111 Å². The molecule has 0 bridgehead atoms. The lowest BCUT2D eigenvalue weighted by Gasteiger charge is -2.58. The molecule has 4 heteroatoms. The van der Waals surface area contributed by atoms with Gasteiger partial charge in [-0.15, -0.1) is 0 Å². The number of fused-ring (bicyclic) bond motifs is 5. The number of quaternary nitrogens is 1. The minimum atomic E-state index is -0.232. The molecule has 8 atom stereocenters. The van der Waals surface area contributed by atoms with Gasteiger partial charge in [0.2, 0.25) is 0 Å². The highest BCUT2D eigenvalue weighted by Gasteiger charge is 2.59. The van der Waals surface area contributed by atoms with Crippen LogP contribution in [0.4, 0.5) is 4.79 Å². The summed E-state index contributed by atoms with van der Waals surface area (Å²) in [6.07, 6.45) is 16.8. The molecule has 4 aliphatic carbocycles. The van der Waals surface area contributed by atoms with Crippen LogP contribution in [0.3, 0.4) is 0 Å². The number of hydrogen-bond acceptors (Lipinski definition) is 2. The lowest BCUT2D eigenvalue weighted by Crippen LogP contribution is -2.51. The smallest absolute Gasteiger partial charge is 0.407 e. The van der Waals surface area contributed by atoms with Crippen molar-refractivity contribution in [2.24, 2.45) is 46.3 Å². The Labute approximate surface area is 228 Å². The van der Waals surface area contributed by atoms with E-state index in [9.17, 15) is 4.79 Å². The van der Waals surface area contributed by atoms with E-state index < -0.39 is 0 Å². The molecule has 3 saturated carbocycles. The molecule has 4 aliphatic rings. The molecule has 0 heterocycles. The van der Waals surface area contributed by atoms with Gasteiger partial charge in [0, 0.05) is 6.42 Å². The zero-order chi connectivity index (χ0) is 27.0. The maximum Gasteiger partial charge on any atom is 0.407 e. The van der Waals surface area contributed by atoms with E-state index in [4.69, 9.17) is 4.74 Å². The van der Waals surface area contributed by atoms with E-state index in [1.54, 1.807) is 5.57 Å². The summed E-state index contributed by atoms with van der Waals surface area (Å²) >= 11 is 0. The van der Waals surface area contributed by atoms with Crippen LogP contribution in [0.15, 0.2) is 11.6 Å². The molecule has 0 aromatic carbocycles. The average Bonchev–Trinajstić information content (AvgIpc) is 3.15. The Morgan fingerprint density at radius 1 is 1.05 bits per heavy atom. The minimum absolute atomic E-state index is 0.0383.